The first-order chi connectivity index (χ1) is 8.20. The normalized spacial score (nSPS) is 14.5. The van der Waals surface area contributed by atoms with Crippen LogP contribution in [0.2, 0.25) is 5.02 Å². The molecule has 0 spiro atoms. The van der Waals surface area contributed by atoms with Crippen LogP contribution in [0.15, 0.2) is 24.3 Å². The summed E-state index contributed by atoms with van der Waals surface area (Å²) in [7, 11) is 0. The van der Waals surface area contributed by atoms with Gasteiger partial charge in [-0.15, -0.1) is 0 Å². The zero-order chi connectivity index (χ0) is 12.3. The molecule has 2 N–H and O–H groups in total. The fourth-order valence-electron chi connectivity index (χ4n) is 1.67. The molecule has 2 amide bonds. The Bertz CT molecular complexity index is 390. The monoisotopic (exact) mass is 254 g/mol. The number of anilines is 1. The molecule has 0 heterocycles. The summed E-state index contributed by atoms with van der Waals surface area (Å²) in [6.45, 7) is 0.370. The third-order valence-electron chi connectivity index (χ3n) is 2.68. The van der Waals surface area contributed by atoms with Crippen LogP contribution in [0.5, 0.6) is 0 Å². The van der Waals surface area contributed by atoms with Crippen LogP contribution in [-0.4, -0.2) is 35.2 Å². The minimum atomic E-state index is -0.163. The van der Waals surface area contributed by atoms with Crippen molar-refractivity contribution in [3.05, 3.63) is 29.3 Å². The van der Waals surface area contributed by atoms with E-state index in [1.54, 1.807) is 29.2 Å². The van der Waals surface area contributed by atoms with Gasteiger partial charge in [-0.05, 0) is 37.1 Å². The van der Waals surface area contributed by atoms with Crippen LogP contribution < -0.4 is 5.32 Å². The van der Waals surface area contributed by atoms with Gasteiger partial charge in [-0.25, -0.2) is 4.79 Å². The molecule has 0 aromatic heterocycles. The molecule has 1 aliphatic rings. The molecule has 2 rings (SSSR count). The lowest BCUT2D eigenvalue weighted by atomic mass is 10.3. The zero-order valence-electron chi connectivity index (χ0n) is 9.40. The molecule has 0 bridgehead atoms. The molecule has 0 unspecified atom stereocenters. The van der Waals surface area contributed by atoms with E-state index in [-0.39, 0.29) is 18.7 Å². The largest absolute Gasteiger partial charge is 0.395 e. The number of amides is 2. The Balaban J connectivity index is 1.96. The van der Waals surface area contributed by atoms with E-state index in [9.17, 15) is 4.79 Å². The van der Waals surface area contributed by atoms with E-state index in [4.69, 9.17) is 16.7 Å². The smallest absolute Gasteiger partial charge is 0.322 e. The number of nitrogens with zero attached hydrogens (tertiary/aromatic N) is 1. The Morgan fingerprint density at radius 2 is 2.06 bits per heavy atom. The van der Waals surface area contributed by atoms with Crippen LogP contribution in [0.4, 0.5) is 10.5 Å². The molecule has 4 nitrogen and oxygen atoms in total. The molecule has 5 heteroatoms. The van der Waals surface area contributed by atoms with Crippen LogP contribution in [0.1, 0.15) is 12.8 Å². The maximum absolute atomic E-state index is 11.9. The van der Waals surface area contributed by atoms with Crippen molar-refractivity contribution in [2.75, 3.05) is 18.5 Å². The van der Waals surface area contributed by atoms with Crippen molar-refractivity contribution in [3.8, 4) is 0 Å². The maximum atomic E-state index is 11.9. The molecule has 17 heavy (non-hydrogen) atoms. The highest BCUT2D eigenvalue weighted by molar-refractivity contribution is 6.30. The van der Waals surface area contributed by atoms with Gasteiger partial charge in [0, 0.05) is 23.3 Å². The highest BCUT2D eigenvalue weighted by Gasteiger charge is 2.32. The molecule has 1 saturated carbocycles. The first-order valence-electron chi connectivity index (χ1n) is 5.65. The lowest BCUT2D eigenvalue weighted by Gasteiger charge is -2.21. The number of rotatable bonds is 4. The number of nitrogens with one attached hydrogen (secondary N) is 1. The lowest BCUT2D eigenvalue weighted by Crippen LogP contribution is -2.38. The molecule has 1 aliphatic carbocycles. The average Bonchev–Trinajstić information content (AvgIpc) is 3.13. The Kier molecular flexibility index (Phi) is 3.86. The Morgan fingerprint density at radius 3 is 2.59 bits per heavy atom. The molecule has 1 fully saturated rings. The predicted octanol–water partition coefficient (Wildman–Crippen LogP) is 2.33. The fourth-order valence-corrected chi connectivity index (χ4v) is 1.80. The van der Waals surface area contributed by atoms with Crippen LogP contribution in [-0.2, 0) is 0 Å². The molecule has 1 aromatic carbocycles. The molecule has 0 saturated heterocycles. The Morgan fingerprint density at radius 1 is 1.41 bits per heavy atom. The van der Waals surface area contributed by atoms with E-state index in [0.29, 0.717) is 17.3 Å². The topological polar surface area (TPSA) is 52.6 Å². The molecule has 1 aromatic rings. The van der Waals surface area contributed by atoms with Crippen molar-refractivity contribution in [2.24, 2.45) is 0 Å². The number of hydrogen-bond acceptors (Lipinski definition) is 2. The van der Waals surface area contributed by atoms with Crippen LogP contribution >= 0.6 is 11.6 Å². The highest BCUT2D eigenvalue weighted by Crippen LogP contribution is 2.27. The van der Waals surface area contributed by atoms with Gasteiger partial charge >= 0.3 is 6.03 Å². The highest BCUT2D eigenvalue weighted by atomic mass is 35.5. The first-order valence-corrected chi connectivity index (χ1v) is 6.02. The fraction of sp³-hybridized carbons (Fsp3) is 0.417. The van der Waals surface area contributed by atoms with Crippen LogP contribution in [0, 0.1) is 0 Å². The number of halogens is 1. The average molecular weight is 255 g/mol. The minimum Gasteiger partial charge on any atom is -0.395 e. The van der Waals surface area contributed by atoms with Gasteiger partial charge in [0.25, 0.3) is 0 Å². The summed E-state index contributed by atoms with van der Waals surface area (Å²) < 4.78 is 0. The number of hydrogen-bond donors (Lipinski definition) is 2. The Hall–Kier alpha value is -1.26. The SMILES string of the molecule is O=C(Nc1ccc(Cl)cc1)N(CCO)C1CC1. The molecule has 0 radical (unpaired) electrons. The number of carbonyl (C=O) groups is 1. The summed E-state index contributed by atoms with van der Waals surface area (Å²) in [6.07, 6.45) is 2.04. The van der Waals surface area contributed by atoms with Crippen molar-refractivity contribution < 1.29 is 9.90 Å². The van der Waals surface area contributed by atoms with Crippen molar-refractivity contribution >= 4 is 23.3 Å². The lowest BCUT2D eigenvalue weighted by molar-refractivity contribution is 0.185. The molecule has 0 atom stereocenters. The Labute approximate surface area is 105 Å². The van der Waals surface area contributed by atoms with Gasteiger partial charge in [0.1, 0.15) is 0 Å². The third-order valence-corrected chi connectivity index (χ3v) is 2.94. The second-order valence-electron chi connectivity index (χ2n) is 4.09. The van der Waals surface area contributed by atoms with Gasteiger partial charge < -0.3 is 15.3 Å². The zero-order valence-corrected chi connectivity index (χ0v) is 10.2. The summed E-state index contributed by atoms with van der Waals surface area (Å²) in [5, 5.41) is 12.4. The number of benzene rings is 1. The molecule has 0 aliphatic heterocycles. The van der Waals surface area contributed by atoms with Crippen LogP contribution in [0.3, 0.4) is 0 Å². The minimum absolute atomic E-state index is 0.00939. The van der Waals surface area contributed by atoms with Crippen molar-refractivity contribution in [2.45, 2.75) is 18.9 Å². The van der Waals surface area contributed by atoms with Gasteiger partial charge in [0.2, 0.25) is 0 Å². The number of aliphatic hydroxyl groups is 1. The van der Waals surface area contributed by atoms with Crippen LogP contribution in [0.25, 0.3) is 0 Å². The first kappa shape index (κ1) is 12.2. The van der Waals surface area contributed by atoms with E-state index < -0.39 is 0 Å². The number of urea groups is 1. The van der Waals surface area contributed by atoms with E-state index in [2.05, 4.69) is 5.32 Å². The van der Waals surface area contributed by atoms with E-state index in [0.717, 1.165) is 12.8 Å². The van der Waals surface area contributed by atoms with Crippen molar-refractivity contribution in [1.82, 2.24) is 4.90 Å². The quantitative estimate of drug-likeness (QED) is 0.867. The maximum Gasteiger partial charge on any atom is 0.322 e. The standard InChI is InChI=1S/C12H15ClN2O2/c13-9-1-3-10(4-2-9)14-12(17)15(7-8-16)11-5-6-11/h1-4,11,16H,5-8H2,(H,14,17). The van der Waals surface area contributed by atoms with Gasteiger partial charge in [-0.1, -0.05) is 11.6 Å². The molecular weight excluding hydrogens is 240 g/mol. The second kappa shape index (κ2) is 5.38. The van der Waals surface area contributed by atoms with E-state index in [1.165, 1.54) is 0 Å². The van der Waals surface area contributed by atoms with Gasteiger partial charge in [-0.3, -0.25) is 0 Å². The second-order valence-corrected chi connectivity index (χ2v) is 4.52. The van der Waals surface area contributed by atoms with Gasteiger partial charge in [0.05, 0.1) is 6.61 Å². The van der Waals surface area contributed by atoms with E-state index in [1.807, 2.05) is 0 Å². The summed E-state index contributed by atoms with van der Waals surface area (Å²) in [4.78, 5) is 13.6. The van der Waals surface area contributed by atoms with E-state index >= 15 is 0 Å². The van der Waals surface area contributed by atoms with Crippen molar-refractivity contribution in [1.29, 1.82) is 0 Å². The molecular formula is C12H15ClN2O2. The summed E-state index contributed by atoms with van der Waals surface area (Å²) in [5.41, 5.74) is 0.711. The third kappa shape index (κ3) is 3.35. The summed E-state index contributed by atoms with van der Waals surface area (Å²) >= 11 is 5.76. The summed E-state index contributed by atoms with van der Waals surface area (Å²) in [5.74, 6) is 0. The number of carbonyl (C=O) groups excluding carboxylic acids is 1. The van der Waals surface area contributed by atoms with Crippen molar-refractivity contribution in [3.63, 3.8) is 0 Å². The molecule has 92 valence electrons. The number of aliphatic hydroxyl groups excluding tert-OH is 1. The summed E-state index contributed by atoms with van der Waals surface area (Å²) in [6, 6.07) is 7.09. The van der Waals surface area contributed by atoms with Gasteiger partial charge in [-0.2, -0.15) is 0 Å². The predicted molar refractivity (Wildman–Crippen MR) is 67.3 cm³/mol. The van der Waals surface area contributed by atoms with Gasteiger partial charge in [0.15, 0.2) is 0 Å².